The lowest BCUT2D eigenvalue weighted by molar-refractivity contribution is -0.140. The van der Waals surface area contributed by atoms with Gasteiger partial charge >= 0.3 is 5.97 Å². The number of ether oxygens (including phenoxy) is 1. The maximum atomic E-state index is 11.9. The van der Waals surface area contributed by atoms with Gasteiger partial charge in [0.2, 0.25) is 10.0 Å². The Hall–Kier alpha value is -0.350. The molecule has 0 saturated carbocycles. The molecule has 0 spiro atoms. The molecule has 0 aromatic heterocycles. The Morgan fingerprint density at radius 2 is 2.16 bits per heavy atom. The molecule has 0 fully saturated rings. The Labute approximate surface area is 134 Å². The number of hydrogen-bond acceptors (Lipinski definition) is 4. The number of sulfonamides is 1. The van der Waals surface area contributed by atoms with E-state index in [0.29, 0.717) is 5.69 Å². The summed E-state index contributed by atoms with van der Waals surface area (Å²) in [6, 6.07) is 5.33. The number of halogens is 2. The van der Waals surface area contributed by atoms with Crippen molar-refractivity contribution < 1.29 is 17.9 Å². The summed E-state index contributed by atoms with van der Waals surface area (Å²) >= 11 is 5.34. The van der Waals surface area contributed by atoms with Gasteiger partial charge < -0.3 is 4.74 Å². The summed E-state index contributed by atoms with van der Waals surface area (Å²) in [5.74, 6) is -0.530. The molecule has 0 saturated heterocycles. The fourth-order valence-corrected chi connectivity index (χ4v) is 3.45. The second-order valence-corrected chi connectivity index (χ2v) is 7.64. The topological polar surface area (TPSA) is 72.5 Å². The molecule has 0 heterocycles. The van der Waals surface area contributed by atoms with E-state index in [1.165, 1.54) is 7.11 Å². The van der Waals surface area contributed by atoms with Gasteiger partial charge in [-0.3, -0.25) is 9.52 Å². The number of benzene rings is 1. The standard InChI is InChI=1S/C11H13BrINO4S/c1-18-11(15)3-2-6-19(16,17)14-10-7-8(12)4-5-9(10)13/h4-5,7,14H,2-3,6H2,1H3. The predicted octanol–water partition coefficient (Wildman–Crippen LogP) is 2.75. The first kappa shape index (κ1) is 16.7. The molecule has 0 aliphatic carbocycles. The van der Waals surface area contributed by atoms with Crippen molar-refractivity contribution >= 4 is 60.2 Å². The van der Waals surface area contributed by atoms with E-state index in [0.717, 1.165) is 8.04 Å². The Morgan fingerprint density at radius 1 is 1.47 bits per heavy atom. The van der Waals surface area contributed by atoms with Gasteiger partial charge in [-0.05, 0) is 47.2 Å². The zero-order chi connectivity index (χ0) is 14.5. The van der Waals surface area contributed by atoms with Crippen LogP contribution in [0.1, 0.15) is 12.8 Å². The molecule has 19 heavy (non-hydrogen) atoms. The van der Waals surface area contributed by atoms with Gasteiger partial charge in [-0.1, -0.05) is 15.9 Å². The van der Waals surface area contributed by atoms with Gasteiger partial charge in [-0.25, -0.2) is 8.42 Å². The molecule has 1 rings (SSSR count). The van der Waals surface area contributed by atoms with Crippen LogP contribution in [0, 0.1) is 3.57 Å². The molecule has 8 heteroatoms. The number of nitrogens with one attached hydrogen (secondary N) is 1. The van der Waals surface area contributed by atoms with Gasteiger partial charge in [0.05, 0.1) is 18.6 Å². The van der Waals surface area contributed by atoms with Gasteiger partial charge in [0, 0.05) is 14.5 Å². The minimum atomic E-state index is -3.46. The summed E-state index contributed by atoms with van der Waals surface area (Å²) in [4.78, 5) is 10.9. The molecule has 5 nitrogen and oxygen atoms in total. The van der Waals surface area contributed by atoms with Crippen LogP contribution >= 0.6 is 38.5 Å². The van der Waals surface area contributed by atoms with Crippen molar-refractivity contribution in [1.82, 2.24) is 0 Å². The zero-order valence-electron chi connectivity index (χ0n) is 10.2. The van der Waals surface area contributed by atoms with Crippen LogP contribution in [0.15, 0.2) is 22.7 Å². The normalized spacial score (nSPS) is 11.1. The monoisotopic (exact) mass is 461 g/mol. The SMILES string of the molecule is COC(=O)CCCS(=O)(=O)Nc1cc(Br)ccc1I. The lowest BCUT2D eigenvalue weighted by Crippen LogP contribution is -2.18. The Bertz CT molecular complexity index is 562. The lowest BCUT2D eigenvalue weighted by atomic mass is 10.3. The molecule has 0 atom stereocenters. The molecule has 0 aliphatic rings. The minimum absolute atomic E-state index is 0.0903. The third-order valence-corrected chi connectivity index (χ3v) is 5.01. The number of carbonyl (C=O) groups excluding carboxylic acids is 1. The maximum absolute atomic E-state index is 11.9. The van der Waals surface area contributed by atoms with Crippen molar-refractivity contribution in [3.05, 3.63) is 26.2 Å². The number of carbonyl (C=O) groups is 1. The highest BCUT2D eigenvalue weighted by Gasteiger charge is 2.13. The molecule has 0 unspecified atom stereocenters. The minimum Gasteiger partial charge on any atom is -0.469 e. The van der Waals surface area contributed by atoms with Crippen LogP contribution in [0.5, 0.6) is 0 Å². The first-order chi connectivity index (χ1) is 8.84. The van der Waals surface area contributed by atoms with E-state index in [4.69, 9.17) is 0 Å². The highest BCUT2D eigenvalue weighted by Crippen LogP contribution is 2.24. The maximum Gasteiger partial charge on any atom is 0.305 e. The van der Waals surface area contributed by atoms with Gasteiger partial charge in [0.25, 0.3) is 0 Å². The van der Waals surface area contributed by atoms with Crippen LogP contribution in [0.25, 0.3) is 0 Å². The van der Waals surface area contributed by atoms with Gasteiger partial charge in [0.1, 0.15) is 0 Å². The second kappa shape index (κ2) is 7.44. The predicted molar refractivity (Wildman–Crippen MR) is 85.5 cm³/mol. The summed E-state index contributed by atoms with van der Waals surface area (Å²) < 4.78 is 32.3. The molecule has 106 valence electrons. The fraction of sp³-hybridized carbons (Fsp3) is 0.364. The van der Waals surface area contributed by atoms with Crippen molar-refractivity contribution in [3.8, 4) is 0 Å². The molecule has 1 aromatic carbocycles. The third kappa shape index (κ3) is 6.09. The number of rotatable bonds is 6. The van der Waals surface area contributed by atoms with E-state index in [2.05, 4.69) is 25.4 Å². The third-order valence-electron chi connectivity index (χ3n) is 2.22. The largest absolute Gasteiger partial charge is 0.469 e. The number of methoxy groups -OCH3 is 1. The number of esters is 1. The number of anilines is 1. The molecular weight excluding hydrogens is 449 g/mol. The van der Waals surface area contributed by atoms with Crippen molar-refractivity contribution in [2.75, 3.05) is 17.6 Å². The van der Waals surface area contributed by atoms with Gasteiger partial charge in [-0.15, -0.1) is 0 Å². The first-order valence-corrected chi connectivity index (χ1v) is 8.89. The number of hydrogen-bond donors (Lipinski definition) is 1. The summed E-state index contributed by atoms with van der Waals surface area (Å²) in [5, 5.41) is 0. The average molecular weight is 462 g/mol. The second-order valence-electron chi connectivity index (χ2n) is 3.72. The van der Waals surface area contributed by atoms with Crippen molar-refractivity contribution in [3.63, 3.8) is 0 Å². The summed E-state index contributed by atoms with van der Waals surface area (Å²) in [6.45, 7) is 0. The summed E-state index contributed by atoms with van der Waals surface area (Å²) in [7, 11) is -2.18. The average Bonchev–Trinajstić information content (AvgIpc) is 2.33. The Balaban J connectivity index is 2.64. The van der Waals surface area contributed by atoms with E-state index in [1.54, 1.807) is 12.1 Å². The molecule has 0 amide bonds. The lowest BCUT2D eigenvalue weighted by Gasteiger charge is -2.09. The Morgan fingerprint density at radius 3 is 2.79 bits per heavy atom. The molecule has 0 aliphatic heterocycles. The molecule has 0 radical (unpaired) electrons. The quantitative estimate of drug-likeness (QED) is 0.522. The van der Waals surface area contributed by atoms with Crippen LogP contribution < -0.4 is 4.72 Å². The van der Waals surface area contributed by atoms with E-state index < -0.39 is 16.0 Å². The van der Waals surface area contributed by atoms with E-state index in [9.17, 15) is 13.2 Å². The van der Waals surface area contributed by atoms with E-state index in [1.807, 2.05) is 28.7 Å². The van der Waals surface area contributed by atoms with Crippen LogP contribution in [0.4, 0.5) is 5.69 Å². The van der Waals surface area contributed by atoms with Crippen LogP contribution in [0.2, 0.25) is 0 Å². The molecule has 1 aromatic rings. The Kier molecular flexibility index (Phi) is 6.54. The van der Waals surface area contributed by atoms with E-state index >= 15 is 0 Å². The van der Waals surface area contributed by atoms with Crippen LogP contribution in [-0.4, -0.2) is 27.2 Å². The zero-order valence-corrected chi connectivity index (χ0v) is 14.7. The highest BCUT2D eigenvalue weighted by atomic mass is 127. The fourth-order valence-electron chi connectivity index (χ4n) is 1.30. The van der Waals surface area contributed by atoms with Crippen molar-refractivity contribution in [2.24, 2.45) is 0 Å². The molecule has 1 N–H and O–H groups in total. The first-order valence-electron chi connectivity index (χ1n) is 5.36. The van der Waals surface area contributed by atoms with Gasteiger partial charge in [0.15, 0.2) is 0 Å². The summed E-state index contributed by atoms with van der Waals surface area (Å²) in [6.07, 6.45) is 0.319. The van der Waals surface area contributed by atoms with Crippen LogP contribution in [-0.2, 0) is 19.6 Å². The summed E-state index contributed by atoms with van der Waals surface area (Å²) in [5.41, 5.74) is 0.521. The molecular formula is C11H13BrINO4S. The highest BCUT2D eigenvalue weighted by molar-refractivity contribution is 14.1. The van der Waals surface area contributed by atoms with Crippen molar-refractivity contribution in [2.45, 2.75) is 12.8 Å². The van der Waals surface area contributed by atoms with Crippen molar-refractivity contribution in [1.29, 1.82) is 0 Å². The van der Waals surface area contributed by atoms with Crippen LogP contribution in [0.3, 0.4) is 0 Å². The molecule has 0 bridgehead atoms. The van der Waals surface area contributed by atoms with Gasteiger partial charge in [-0.2, -0.15) is 0 Å². The smallest absolute Gasteiger partial charge is 0.305 e. The van der Waals surface area contributed by atoms with E-state index in [-0.39, 0.29) is 18.6 Å².